The third-order valence-electron chi connectivity index (χ3n) is 4.35. The molecule has 4 heteroatoms. The molecule has 24 heavy (non-hydrogen) atoms. The second kappa shape index (κ2) is 7.30. The number of nitrogens with one attached hydrogen (secondary N) is 1. The Morgan fingerprint density at radius 2 is 1.46 bits per heavy atom. The van der Waals surface area contributed by atoms with Gasteiger partial charge in [0.1, 0.15) is 6.04 Å². The third-order valence-corrected chi connectivity index (χ3v) is 4.35. The summed E-state index contributed by atoms with van der Waals surface area (Å²) in [5.41, 5.74) is 1.94. The molecule has 1 N–H and O–H groups in total. The minimum atomic E-state index is -0.743. The van der Waals surface area contributed by atoms with E-state index in [0.717, 1.165) is 24.0 Å². The first kappa shape index (κ1) is 16.2. The molecule has 0 unspecified atom stereocenters. The predicted molar refractivity (Wildman–Crippen MR) is 91.4 cm³/mol. The summed E-state index contributed by atoms with van der Waals surface area (Å²) in [4.78, 5) is 24.7. The van der Waals surface area contributed by atoms with Gasteiger partial charge in [-0.2, -0.15) is 0 Å². The first-order valence-corrected chi connectivity index (χ1v) is 8.19. The number of esters is 1. The predicted octanol–water partition coefficient (Wildman–Crippen LogP) is 2.89. The van der Waals surface area contributed by atoms with Crippen molar-refractivity contribution in [3.8, 4) is 0 Å². The zero-order valence-electron chi connectivity index (χ0n) is 13.6. The number of carbonyl (C=O) groups excluding carboxylic acids is 2. The van der Waals surface area contributed by atoms with Crippen LogP contribution in [0.3, 0.4) is 0 Å². The van der Waals surface area contributed by atoms with Gasteiger partial charge in [0.2, 0.25) is 5.91 Å². The van der Waals surface area contributed by atoms with Crippen molar-refractivity contribution in [1.82, 2.24) is 5.32 Å². The zero-order valence-corrected chi connectivity index (χ0v) is 13.6. The number of benzene rings is 2. The third kappa shape index (κ3) is 3.65. The Morgan fingerprint density at radius 3 is 1.88 bits per heavy atom. The number of carbonyl (C=O) groups is 2. The SMILES string of the molecule is COC(=O)[C@@H](NC(=O)C1CC1)C(c1ccccc1)c1ccccc1. The largest absolute Gasteiger partial charge is 0.467 e. The maximum absolute atomic E-state index is 12.4. The van der Waals surface area contributed by atoms with Gasteiger partial charge in [0.15, 0.2) is 0 Å². The molecule has 1 atom stereocenters. The lowest BCUT2D eigenvalue weighted by atomic mass is 9.85. The van der Waals surface area contributed by atoms with Crippen LogP contribution in [0.1, 0.15) is 29.9 Å². The van der Waals surface area contributed by atoms with Gasteiger partial charge in [0, 0.05) is 11.8 Å². The molecular formula is C20H21NO3. The van der Waals surface area contributed by atoms with Crippen LogP contribution >= 0.6 is 0 Å². The van der Waals surface area contributed by atoms with Gasteiger partial charge < -0.3 is 10.1 Å². The Morgan fingerprint density at radius 1 is 0.958 bits per heavy atom. The van der Waals surface area contributed by atoms with Crippen LogP contribution in [-0.2, 0) is 14.3 Å². The minimum absolute atomic E-state index is 0.0318. The number of ether oxygens (including phenoxy) is 1. The van der Waals surface area contributed by atoms with Crippen molar-refractivity contribution in [1.29, 1.82) is 0 Å². The number of rotatable bonds is 6. The van der Waals surface area contributed by atoms with E-state index in [0.29, 0.717) is 0 Å². The average molecular weight is 323 g/mol. The highest BCUT2D eigenvalue weighted by Crippen LogP contribution is 2.32. The van der Waals surface area contributed by atoms with Crippen LogP contribution < -0.4 is 5.32 Å². The van der Waals surface area contributed by atoms with Gasteiger partial charge in [-0.05, 0) is 24.0 Å². The Bertz CT molecular complexity index is 656. The monoisotopic (exact) mass is 323 g/mol. The fourth-order valence-corrected chi connectivity index (χ4v) is 2.92. The summed E-state index contributed by atoms with van der Waals surface area (Å²) in [7, 11) is 1.35. The number of methoxy groups -OCH3 is 1. The number of hydrogen-bond acceptors (Lipinski definition) is 3. The van der Waals surface area contributed by atoms with Crippen molar-refractivity contribution in [2.45, 2.75) is 24.8 Å². The Hall–Kier alpha value is -2.62. The summed E-state index contributed by atoms with van der Waals surface area (Å²) in [5, 5.41) is 2.91. The summed E-state index contributed by atoms with van der Waals surface area (Å²) < 4.78 is 4.98. The molecule has 1 fully saturated rings. The molecule has 0 bridgehead atoms. The van der Waals surface area contributed by atoms with E-state index in [2.05, 4.69) is 5.32 Å². The Balaban J connectivity index is 1.99. The van der Waals surface area contributed by atoms with Crippen LogP contribution in [0.25, 0.3) is 0 Å². The highest BCUT2D eigenvalue weighted by molar-refractivity contribution is 5.88. The molecule has 0 heterocycles. The molecule has 1 aliphatic rings. The van der Waals surface area contributed by atoms with Gasteiger partial charge in [-0.25, -0.2) is 4.79 Å². The second-order valence-corrected chi connectivity index (χ2v) is 6.08. The van der Waals surface area contributed by atoms with Crippen LogP contribution in [0.2, 0.25) is 0 Å². The van der Waals surface area contributed by atoms with Gasteiger partial charge in [0.05, 0.1) is 7.11 Å². The summed E-state index contributed by atoms with van der Waals surface area (Å²) in [6.07, 6.45) is 1.78. The van der Waals surface area contributed by atoms with E-state index in [4.69, 9.17) is 4.74 Å². The topological polar surface area (TPSA) is 55.4 Å². The van der Waals surface area contributed by atoms with Crippen LogP contribution in [0.4, 0.5) is 0 Å². The molecule has 3 rings (SSSR count). The van der Waals surface area contributed by atoms with E-state index < -0.39 is 12.0 Å². The summed E-state index contributed by atoms with van der Waals surface area (Å²) in [6.45, 7) is 0. The summed E-state index contributed by atoms with van der Waals surface area (Å²) >= 11 is 0. The molecule has 0 saturated heterocycles. The smallest absolute Gasteiger partial charge is 0.329 e. The minimum Gasteiger partial charge on any atom is -0.467 e. The molecule has 124 valence electrons. The van der Waals surface area contributed by atoms with Crippen molar-refractivity contribution >= 4 is 11.9 Å². The lowest BCUT2D eigenvalue weighted by molar-refractivity contribution is -0.145. The van der Waals surface area contributed by atoms with Crippen LogP contribution in [-0.4, -0.2) is 25.0 Å². The first-order valence-electron chi connectivity index (χ1n) is 8.19. The lowest BCUT2D eigenvalue weighted by Gasteiger charge is -2.27. The summed E-state index contributed by atoms with van der Waals surface area (Å²) in [5.74, 6) is -0.754. The van der Waals surface area contributed by atoms with Gasteiger partial charge in [0.25, 0.3) is 0 Å². The Labute approximate surface area is 141 Å². The van der Waals surface area contributed by atoms with Crippen LogP contribution in [0.5, 0.6) is 0 Å². The van der Waals surface area contributed by atoms with Crippen molar-refractivity contribution in [3.05, 3.63) is 71.8 Å². The average Bonchev–Trinajstić information content (AvgIpc) is 3.47. The molecule has 1 amide bonds. The van der Waals surface area contributed by atoms with E-state index in [1.54, 1.807) is 0 Å². The molecule has 0 radical (unpaired) electrons. The quantitative estimate of drug-likeness (QED) is 0.832. The fourth-order valence-electron chi connectivity index (χ4n) is 2.92. The van der Waals surface area contributed by atoms with E-state index in [9.17, 15) is 9.59 Å². The molecule has 4 nitrogen and oxygen atoms in total. The number of hydrogen-bond donors (Lipinski definition) is 1. The standard InChI is InChI=1S/C20H21NO3/c1-24-20(23)18(21-19(22)16-12-13-16)17(14-8-4-2-5-9-14)15-10-6-3-7-11-15/h2-11,16-18H,12-13H2,1H3,(H,21,22)/t18-/m0/s1. The molecule has 2 aromatic carbocycles. The molecule has 0 spiro atoms. The van der Waals surface area contributed by atoms with Gasteiger partial charge in [-0.15, -0.1) is 0 Å². The highest BCUT2D eigenvalue weighted by atomic mass is 16.5. The molecule has 2 aromatic rings. The number of amides is 1. The van der Waals surface area contributed by atoms with Crippen LogP contribution in [0.15, 0.2) is 60.7 Å². The second-order valence-electron chi connectivity index (χ2n) is 6.08. The maximum atomic E-state index is 12.4. The van der Waals surface area contributed by atoms with E-state index in [1.165, 1.54) is 7.11 Å². The van der Waals surface area contributed by atoms with Crippen molar-refractivity contribution < 1.29 is 14.3 Å². The molecule has 1 aliphatic carbocycles. The maximum Gasteiger partial charge on any atom is 0.329 e. The fraction of sp³-hybridized carbons (Fsp3) is 0.300. The molecular weight excluding hydrogens is 302 g/mol. The zero-order chi connectivity index (χ0) is 16.9. The molecule has 0 aliphatic heterocycles. The van der Waals surface area contributed by atoms with Gasteiger partial charge >= 0.3 is 5.97 Å². The molecule has 1 saturated carbocycles. The van der Waals surface area contributed by atoms with E-state index in [-0.39, 0.29) is 17.7 Å². The van der Waals surface area contributed by atoms with E-state index in [1.807, 2.05) is 60.7 Å². The molecule has 0 aromatic heterocycles. The van der Waals surface area contributed by atoms with Crippen molar-refractivity contribution in [2.75, 3.05) is 7.11 Å². The van der Waals surface area contributed by atoms with Gasteiger partial charge in [-0.3, -0.25) is 4.79 Å². The summed E-state index contributed by atoms with van der Waals surface area (Å²) in [6, 6.07) is 18.7. The van der Waals surface area contributed by atoms with Gasteiger partial charge in [-0.1, -0.05) is 60.7 Å². The first-order chi connectivity index (χ1) is 11.7. The Kier molecular flexibility index (Phi) is 4.94. The van der Waals surface area contributed by atoms with Crippen molar-refractivity contribution in [2.24, 2.45) is 5.92 Å². The normalized spacial score (nSPS) is 14.9. The lowest BCUT2D eigenvalue weighted by Crippen LogP contribution is -2.46. The highest BCUT2D eigenvalue weighted by Gasteiger charge is 2.37. The van der Waals surface area contributed by atoms with Crippen molar-refractivity contribution in [3.63, 3.8) is 0 Å². The van der Waals surface area contributed by atoms with E-state index >= 15 is 0 Å². The van der Waals surface area contributed by atoms with Crippen LogP contribution in [0, 0.1) is 5.92 Å².